The van der Waals surface area contributed by atoms with Crippen LogP contribution in [0.3, 0.4) is 0 Å². The largest absolute Gasteiger partial charge is 0.481 e. The molecular weight excluding hydrogens is 330 g/mol. The number of carbonyl (C=O) groups is 2. The molecular formula is C13H16BrNO3S. The van der Waals surface area contributed by atoms with Crippen molar-refractivity contribution in [1.82, 2.24) is 5.32 Å². The van der Waals surface area contributed by atoms with Crippen molar-refractivity contribution in [3.8, 4) is 0 Å². The molecule has 1 fully saturated rings. The Kier molecular flexibility index (Phi) is 4.62. The van der Waals surface area contributed by atoms with Gasteiger partial charge in [-0.1, -0.05) is 6.92 Å². The van der Waals surface area contributed by atoms with E-state index in [-0.39, 0.29) is 5.91 Å². The quantitative estimate of drug-likeness (QED) is 0.881. The third kappa shape index (κ3) is 3.57. The molecule has 104 valence electrons. The van der Waals surface area contributed by atoms with Crippen LogP contribution in [0.5, 0.6) is 0 Å². The van der Waals surface area contributed by atoms with Crippen LogP contribution in [0.25, 0.3) is 0 Å². The van der Waals surface area contributed by atoms with Crippen LogP contribution in [0.2, 0.25) is 0 Å². The van der Waals surface area contributed by atoms with E-state index in [0.29, 0.717) is 25.3 Å². The zero-order valence-corrected chi connectivity index (χ0v) is 13.0. The van der Waals surface area contributed by atoms with Crippen LogP contribution in [0.1, 0.15) is 24.6 Å². The van der Waals surface area contributed by atoms with Gasteiger partial charge in [0.1, 0.15) is 0 Å². The van der Waals surface area contributed by atoms with Gasteiger partial charge < -0.3 is 10.4 Å². The van der Waals surface area contributed by atoms with E-state index in [4.69, 9.17) is 5.11 Å². The lowest BCUT2D eigenvalue weighted by Gasteiger charge is -2.15. The third-order valence-corrected chi connectivity index (χ3v) is 5.14. The average Bonchev–Trinajstić information content (AvgIpc) is 2.92. The van der Waals surface area contributed by atoms with Gasteiger partial charge in [-0.15, -0.1) is 11.3 Å². The van der Waals surface area contributed by atoms with Crippen molar-refractivity contribution in [2.45, 2.75) is 26.3 Å². The molecule has 2 rings (SSSR count). The smallest absolute Gasteiger partial charge is 0.307 e. The number of carbonyl (C=O) groups excluding carboxylic acids is 1. The molecule has 0 bridgehead atoms. The van der Waals surface area contributed by atoms with Gasteiger partial charge in [0.25, 0.3) is 0 Å². The van der Waals surface area contributed by atoms with E-state index < -0.39 is 17.8 Å². The summed E-state index contributed by atoms with van der Waals surface area (Å²) in [5, 5.41) is 12.0. The minimum absolute atomic E-state index is 0.138. The maximum absolute atomic E-state index is 12.1. The lowest BCUT2D eigenvalue weighted by molar-refractivity contribution is -0.146. The Hall–Kier alpha value is -0.880. The van der Waals surface area contributed by atoms with Crippen molar-refractivity contribution in [3.05, 3.63) is 20.8 Å². The van der Waals surface area contributed by atoms with Gasteiger partial charge in [0.05, 0.1) is 22.2 Å². The highest BCUT2D eigenvalue weighted by Crippen LogP contribution is 2.36. The lowest BCUT2D eigenvalue weighted by atomic mass is 9.95. The summed E-state index contributed by atoms with van der Waals surface area (Å²) in [6, 6.07) is 3.88. The number of thiophene rings is 1. The molecule has 1 amide bonds. The molecule has 0 spiro atoms. The summed E-state index contributed by atoms with van der Waals surface area (Å²) in [6.07, 6.45) is 1.26. The Balaban J connectivity index is 1.93. The van der Waals surface area contributed by atoms with E-state index in [1.54, 1.807) is 11.3 Å². The highest BCUT2D eigenvalue weighted by Gasteiger charge is 2.40. The molecule has 0 aromatic carbocycles. The number of hydrogen-bond acceptors (Lipinski definition) is 3. The monoisotopic (exact) mass is 345 g/mol. The molecule has 1 aliphatic rings. The van der Waals surface area contributed by atoms with Gasteiger partial charge in [0.2, 0.25) is 5.91 Å². The zero-order chi connectivity index (χ0) is 14.0. The first-order valence-corrected chi connectivity index (χ1v) is 7.83. The summed E-state index contributed by atoms with van der Waals surface area (Å²) in [4.78, 5) is 24.3. The summed E-state index contributed by atoms with van der Waals surface area (Å²) in [7, 11) is 0. The molecule has 1 heterocycles. The number of carboxylic acids is 1. The maximum Gasteiger partial charge on any atom is 0.307 e. The fourth-order valence-corrected chi connectivity index (χ4v) is 4.03. The normalized spacial score (nSPS) is 26.3. The summed E-state index contributed by atoms with van der Waals surface area (Å²) in [6.45, 7) is 2.46. The van der Waals surface area contributed by atoms with Crippen molar-refractivity contribution in [2.75, 3.05) is 0 Å². The van der Waals surface area contributed by atoms with Crippen molar-refractivity contribution in [2.24, 2.45) is 17.8 Å². The molecule has 19 heavy (non-hydrogen) atoms. The Morgan fingerprint density at radius 2 is 2.11 bits per heavy atom. The number of rotatable bonds is 4. The van der Waals surface area contributed by atoms with Gasteiger partial charge in [0.15, 0.2) is 0 Å². The van der Waals surface area contributed by atoms with Crippen molar-refractivity contribution in [3.63, 3.8) is 0 Å². The Morgan fingerprint density at radius 3 is 2.68 bits per heavy atom. The van der Waals surface area contributed by atoms with E-state index in [1.807, 2.05) is 19.1 Å². The van der Waals surface area contributed by atoms with Crippen molar-refractivity contribution in [1.29, 1.82) is 0 Å². The van der Waals surface area contributed by atoms with Crippen LogP contribution in [0.4, 0.5) is 0 Å². The molecule has 0 aliphatic heterocycles. The SMILES string of the molecule is CC1C[C@H](C(=O)NCc2ccc(Br)s2)[C@H](C(=O)O)C1. The number of nitrogens with one attached hydrogen (secondary N) is 1. The standard InChI is InChI=1S/C13H16BrNO3S/c1-7-4-9(10(5-7)13(17)18)12(16)15-6-8-2-3-11(14)19-8/h2-3,7,9-10H,4-6H2,1H3,(H,15,16)(H,17,18)/t7?,9-,10+/m0/s1. The fourth-order valence-electron chi connectivity index (χ4n) is 2.61. The predicted molar refractivity (Wildman–Crippen MR) is 76.9 cm³/mol. The maximum atomic E-state index is 12.1. The lowest BCUT2D eigenvalue weighted by Crippen LogP contribution is -2.34. The van der Waals surface area contributed by atoms with Gasteiger partial charge in [0, 0.05) is 4.88 Å². The summed E-state index contributed by atoms with van der Waals surface area (Å²) >= 11 is 4.94. The third-order valence-electron chi connectivity index (χ3n) is 3.52. The second-order valence-corrected chi connectivity index (χ2v) is 7.60. The van der Waals surface area contributed by atoms with Crippen LogP contribution in [0.15, 0.2) is 15.9 Å². The van der Waals surface area contributed by atoms with E-state index in [2.05, 4.69) is 21.2 Å². The second-order valence-electron chi connectivity index (χ2n) is 5.05. The molecule has 4 nitrogen and oxygen atoms in total. The Labute approximate surface area is 124 Å². The van der Waals surface area contributed by atoms with E-state index in [9.17, 15) is 9.59 Å². The van der Waals surface area contributed by atoms with Gasteiger partial charge in [-0.05, 0) is 46.8 Å². The highest BCUT2D eigenvalue weighted by molar-refractivity contribution is 9.11. The first-order valence-electron chi connectivity index (χ1n) is 6.22. The average molecular weight is 346 g/mol. The molecule has 3 atom stereocenters. The van der Waals surface area contributed by atoms with Crippen LogP contribution in [0, 0.1) is 17.8 Å². The molecule has 2 N–H and O–H groups in total. The number of aliphatic carboxylic acids is 1. The molecule has 1 aromatic rings. The first kappa shape index (κ1) is 14.5. The zero-order valence-electron chi connectivity index (χ0n) is 10.6. The first-order chi connectivity index (χ1) is 8.97. The Bertz CT molecular complexity index is 488. The topological polar surface area (TPSA) is 66.4 Å². The van der Waals surface area contributed by atoms with Crippen LogP contribution >= 0.6 is 27.3 Å². The number of halogens is 1. The number of carboxylic acid groups (broad SMARTS) is 1. The molecule has 0 radical (unpaired) electrons. The van der Waals surface area contributed by atoms with E-state index in [1.165, 1.54) is 0 Å². The minimum Gasteiger partial charge on any atom is -0.481 e. The predicted octanol–water partition coefficient (Wildman–Crippen LogP) is 2.87. The Morgan fingerprint density at radius 1 is 1.42 bits per heavy atom. The number of amides is 1. The summed E-state index contributed by atoms with van der Waals surface area (Å²) < 4.78 is 1.02. The number of hydrogen-bond donors (Lipinski definition) is 2. The molecule has 6 heteroatoms. The van der Waals surface area contributed by atoms with E-state index >= 15 is 0 Å². The van der Waals surface area contributed by atoms with Gasteiger partial charge in [-0.3, -0.25) is 9.59 Å². The molecule has 0 saturated heterocycles. The molecule has 1 aliphatic carbocycles. The minimum atomic E-state index is -0.858. The summed E-state index contributed by atoms with van der Waals surface area (Å²) in [5.74, 6) is -1.63. The van der Waals surface area contributed by atoms with Gasteiger partial charge >= 0.3 is 5.97 Å². The molecule has 1 saturated carbocycles. The van der Waals surface area contributed by atoms with Crippen molar-refractivity contribution >= 4 is 39.1 Å². The van der Waals surface area contributed by atoms with Gasteiger partial charge in [-0.2, -0.15) is 0 Å². The van der Waals surface area contributed by atoms with Gasteiger partial charge in [-0.25, -0.2) is 0 Å². The van der Waals surface area contributed by atoms with Crippen molar-refractivity contribution < 1.29 is 14.7 Å². The van der Waals surface area contributed by atoms with Crippen LogP contribution in [-0.4, -0.2) is 17.0 Å². The van der Waals surface area contributed by atoms with Crippen LogP contribution in [-0.2, 0) is 16.1 Å². The second kappa shape index (κ2) is 6.05. The molecule has 1 aromatic heterocycles. The van der Waals surface area contributed by atoms with Crippen LogP contribution < -0.4 is 5.32 Å². The molecule has 1 unspecified atom stereocenters. The van der Waals surface area contributed by atoms with E-state index in [0.717, 1.165) is 8.66 Å². The highest BCUT2D eigenvalue weighted by atomic mass is 79.9. The fraction of sp³-hybridized carbons (Fsp3) is 0.538. The summed E-state index contributed by atoms with van der Waals surface area (Å²) in [5.41, 5.74) is 0.